The van der Waals surface area contributed by atoms with Crippen LogP contribution in [-0.2, 0) is 66.9 Å². The number of carbonyl (C=O) groups excluding carboxylic acids is 4. The lowest BCUT2D eigenvalue weighted by atomic mass is 9.92. The van der Waals surface area contributed by atoms with Gasteiger partial charge in [-0.05, 0) is 39.0 Å². The van der Waals surface area contributed by atoms with E-state index in [9.17, 15) is 73.0 Å². The second-order valence-electron chi connectivity index (χ2n) is 19.4. The first-order chi connectivity index (χ1) is 35.5. The third-order valence-electron chi connectivity index (χ3n) is 13.4. The van der Waals surface area contributed by atoms with E-state index in [1.807, 2.05) is 0 Å². The van der Waals surface area contributed by atoms with Gasteiger partial charge in [-0.15, -0.1) is 0 Å². The number of aliphatic hydroxyl groups is 8. The number of ether oxygens (including phenoxy) is 7. The second kappa shape index (κ2) is 31.5. The van der Waals surface area contributed by atoms with Crippen LogP contribution in [0.2, 0.25) is 0 Å². The molecule has 4 amide bonds. The minimum atomic E-state index is -5.07. The van der Waals surface area contributed by atoms with E-state index in [0.717, 1.165) is 59.3 Å². The van der Waals surface area contributed by atoms with E-state index in [4.69, 9.17) is 33.2 Å². The maximum absolute atomic E-state index is 13.3. The van der Waals surface area contributed by atoms with Gasteiger partial charge < -0.3 is 95.3 Å². The molecule has 0 aliphatic carbocycles. The minimum Gasteiger partial charge on any atom is -0.394 e. The average Bonchev–Trinajstić information content (AvgIpc) is 3.34. The van der Waals surface area contributed by atoms with Crippen molar-refractivity contribution in [2.45, 2.75) is 234 Å². The Morgan fingerprint density at radius 2 is 0.920 bits per heavy atom. The maximum atomic E-state index is 13.3. The van der Waals surface area contributed by atoms with Crippen LogP contribution in [0.3, 0.4) is 0 Å². The largest absolute Gasteiger partial charge is 0.397 e. The zero-order chi connectivity index (χ0) is 55.6. The van der Waals surface area contributed by atoms with Crippen LogP contribution < -0.4 is 21.3 Å². The van der Waals surface area contributed by atoms with Gasteiger partial charge in [0.1, 0.15) is 91.4 Å². The Hall–Kier alpha value is -3.11. The molecule has 13 N–H and O–H groups in total. The molecule has 0 aromatic rings. The van der Waals surface area contributed by atoms with Gasteiger partial charge in [-0.25, -0.2) is 4.18 Å². The summed E-state index contributed by atoms with van der Waals surface area (Å²) in [4.78, 5) is 50.6. The van der Waals surface area contributed by atoms with E-state index in [0.29, 0.717) is 6.42 Å². The number of hydrogen-bond acceptors (Lipinski definition) is 22. The molecule has 4 saturated heterocycles. The lowest BCUT2D eigenvalue weighted by Gasteiger charge is -2.51. The van der Waals surface area contributed by atoms with Crippen LogP contribution in [0.15, 0.2) is 12.2 Å². The molecule has 0 saturated carbocycles. The molecular formula is C47H82N4O23S. The van der Waals surface area contributed by atoms with Crippen molar-refractivity contribution >= 4 is 34.0 Å². The summed E-state index contributed by atoms with van der Waals surface area (Å²) in [5.41, 5.74) is 0. The highest BCUT2D eigenvalue weighted by Crippen LogP contribution is 2.35. The molecule has 0 radical (unpaired) electrons. The Kier molecular flexibility index (Phi) is 27.0. The maximum Gasteiger partial charge on any atom is 0.397 e. The second-order valence-corrected chi connectivity index (χ2v) is 20.5. The zero-order valence-corrected chi connectivity index (χ0v) is 44.0. The molecule has 27 nitrogen and oxygen atoms in total. The Morgan fingerprint density at radius 1 is 0.520 bits per heavy atom. The molecule has 4 fully saturated rings. The number of hydrogen-bond donors (Lipinski definition) is 13. The highest BCUT2D eigenvalue weighted by Gasteiger charge is 2.56. The quantitative estimate of drug-likeness (QED) is 0.0201. The summed E-state index contributed by atoms with van der Waals surface area (Å²) in [5.74, 6) is -2.69. The predicted octanol–water partition coefficient (Wildman–Crippen LogP) is -3.04. The van der Waals surface area contributed by atoms with Gasteiger partial charge in [0.15, 0.2) is 18.9 Å². The van der Waals surface area contributed by atoms with Crippen LogP contribution in [-0.4, -0.2) is 226 Å². The molecule has 0 aromatic heterocycles. The van der Waals surface area contributed by atoms with Crippen LogP contribution in [0.5, 0.6) is 0 Å². The van der Waals surface area contributed by atoms with E-state index in [2.05, 4.69) is 44.5 Å². The first kappa shape index (κ1) is 64.4. The highest BCUT2D eigenvalue weighted by molar-refractivity contribution is 7.80. The molecule has 0 aromatic carbocycles. The molecule has 20 atom stereocenters. The first-order valence-corrected chi connectivity index (χ1v) is 27.1. The summed E-state index contributed by atoms with van der Waals surface area (Å²) >= 11 is 0. The molecule has 4 aliphatic heterocycles. The van der Waals surface area contributed by atoms with Gasteiger partial charge in [0.05, 0.1) is 38.6 Å². The molecule has 4 rings (SSSR count). The van der Waals surface area contributed by atoms with Gasteiger partial charge in [-0.2, -0.15) is 8.42 Å². The smallest absolute Gasteiger partial charge is 0.394 e. The monoisotopic (exact) mass is 1100 g/mol. The van der Waals surface area contributed by atoms with Gasteiger partial charge in [0.25, 0.3) is 0 Å². The summed E-state index contributed by atoms with van der Waals surface area (Å²) in [6.07, 6.45) is -11.4. The van der Waals surface area contributed by atoms with Crippen molar-refractivity contribution in [2.24, 2.45) is 0 Å². The standard InChI is InChI=1S/C47H82N4O23S/c1-6-7-8-9-10-11-12-13-14-15-16-17-18-19-32(58)51-34-38(60)37(59)28(20-52)69-45(34)72-42-29(21-53)70-46(35(40(42)62)49-26(4)56)73-43-30(22-54)71-47(36(41(43)63)50-27(5)57)74-44-31(23-67-75(64,65)66)68-24(2)33(39(44)61)48-25(3)55/h11-12,24,28-31,33-47,52-54,59-63H,6-10,13-23H2,1-5H3,(H,48,55)(H,49,56)(H,50,57)(H,51,58)(H,64,65,66)/b12-11-/t24-,28?,29?,30?,31?,33?,34?,35?,36?,37+,38+,39+,40+,41+,42+,43+,44+,45-,46-,47-/m0/s1. The highest BCUT2D eigenvalue weighted by atomic mass is 32.3. The summed E-state index contributed by atoms with van der Waals surface area (Å²) in [7, 11) is -5.07. The van der Waals surface area contributed by atoms with Crippen molar-refractivity contribution in [3.63, 3.8) is 0 Å². The normalized spacial score (nSPS) is 36.5. The van der Waals surface area contributed by atoms with Crippen LogP contribution in [0, 0.1) is 0 Å². The fourth-order valence-corrected chi connectivity index (χ4v) is 9.89. The zero-order valence-electron chi connectivity index (χ0n) is 43.2. The number of unbranched alkanes of at least 4 members (excludes halogenated alkanes) is 9. The number of amides is 4. The minimum absolute atomic E-state index is 0.0360. The molecule has 28 heteroatoms. The van der Waals surface area contributed by atoms with E-state index in [-0.39, 0.29) is 6.42 Å². The van der Waals surface area contributed by atoms with Gasteiger partial charge in [0.2, 0.25) is 23.6 Å². The third-order valence-corrected chi connectivity index (χ3v) is 13.8. The molecule has 8 unspecified atom stereocenters. The van der Waals surface area contributed by atoms with E-state index in [1.54, 1.807) is 0 Å². The van der Waals surface area contributed by atoms with Gasteiger partial charge in [-0.1, -0.05) is 57.6 Å². The number of allylic oxidation sites excluding steroid dienone is 2. The molecule has 434 valence electrons. The SMILES string of the molecule is CCCCCC/C=C\CCCCCCCC(=O)NC1[C@H](O[C@@H]2C(CO)O[C@@H](O[C@@H]3C(CO)O[C@@H](O[C@@H]4C(COS(=O)(=O)O)O[C@@H](C)C(NC(C)=O)[C@H]4O)C(NC(C)=O)[C@H]3O)C(NC(C)=O)[C@H]2O)OC(CO)[C@@H](O)[C@@H]1O. The van der Waals surface area contributed by atoms with E-state index in [1.165, 1.54) is 32.6 Å². The first-order valence-electron chi connectivity index (χ1n) is 25.7. The number of carbonyl (C=O) groups is 4. The Labute approximate surface area is 437 Å². The van der Waals surface area contributed by atoms with Crippen molar-refractivity contribution in [2.75, 3.05) is 26.4 Å². The summed E-state index contributed by atoms with van der Waals surface area (Å²) in [6, 6.07) is -6.04. The van der Waals surface area contributed by atoms with Gasteiger partial charge >= 0.3 is 10.4 Å². The van der Waals surface area contributed by atoms with Crippen molar-refractivity contribution in [1.29, 1.82) is 0 Å². The number of rotatable bonds is 29. The van der Waals surface area contributed by atoms with E-state index < -0.39 is 183 Å². The fourth-order valence-electron chi connectivity index (χ4n) is 9.59. The predicted molar refractivity (Wildman–Crippen MR) is 259 cm³/mol. The Bertz CT molecular complexity index is 1910. The van der Waals surface area contributed by atoms with Crippen LogP contribution >= 0.6 is 0 Å². The summed E-state index contributed by atoms with van der Waals surface area (Å²) < 4.78 is 78.9. The fraction of sp³-hybridized carbons (Fsp3) is 0.872. The van der Waals surface area contributed by atoms with Crippen molar-refractivity contribution in [3.05, 3.63) is 12.2 Å². The Balaban J connectivity index is 1.50. The van der Waals surface area contributed by atoms with Gasteiger partial charge in [-0.3, -0.25) is 23.7 Å². The summed E-state index contributed by atoms with van der Waals surface area (Å²) in [5, 5.41) is 98.7. The summed E-state index contributed by atoms with van der Waals surface area (Å²) in [6.45, 7) is 3.22. The molecule has 0 bridgehead atoms. The van der Waals surface area contributed by atoms with Gasteiger partial charge in [0, 0.05) is 27.2 Å². The third kappa shape index (κ3) is 19.3. The van der Waals surface area contributed by atoms with E-state index >= 15 is 0 Å². The lowest BCUT2D eigenvalue weighted by molar-refractivity contribution is -0.359. The number of aliphatic hydroxyl groups excluding tert-OH is 8. The average molecular weight is 1100 g/mol. The Morgan fingerprint density at radius 3 is 1.37 bits per heavy atom. The van der Waals surface area contributed by atoms with Crippen LogP contribution in [0.4, 0.5) is 0 Å². The van der Waals surface area contributed by atoms with Crippen LogP contribution in [0.25, 0.3) is 0 Å². The van der Waals surface area contributed by atoms with Crippen molar-refractivity contribution < 1.29 is 110 Å². The lowest BCUT2D eigenvalue weighted by Crippen LogP contribution is -2.71. The number of nitrogens with one attached hydrogen (secondary N) is 4. The van der Waals surface area contributed by atoms with Crippen molar-refractivity contribution in [1.82, 2.24) is 21.3 Å². The topological polar surface area (TPSA) is 406 Å². The van der Waals surface area contributed by atoms with Crippen LogP contribution in [0.1, 0.15) is 112 Å². The van der Waals surface area contributed by atoms with Crippen molar-refractivity contribution in [3.8, 4) is 0 Å². The molecule has 75 heavy (non-hydrogen) atoms. The molecule has 4 heterocycles. The molecular weight excluding hydrogens is 1020 g/mol. The molecule has 4 aliphatic rings. The molecule has 0 spiro atoms.